The number of carbonyl (C=O) groups excluding carboxylic acids is 1. The van der Waals surface area contributed by atoms with Crippen molar-refractivity contribution in [2.24, 2.45) is 5.41 Å². The Kier molecular flexibility index (Phi) is 3.87. The summed E-state index contributed by atoms with van der Waals surface area (Å²) in [6.07, 6.45) is 3.53. The van der Waals surface area contributed by atoms with Gasteiger partial charge in [0.15, 0.2) is 0 Å². The van der Waals surface area contributed by atoms with Crippen LogP contribution in [0.15, 0.2) is 24.5 Å². The summed E-state index contributed by atoms with van der Waals surface area (Å²) in [5, 5.41) is 12.2. The molecule has 19 heavy (non-hydrogen) atoms. The van der Waals surface area contributed by atoms with E-state index < -0.39 is 5.41 Å². The lowest BCUT2D eigenvalue weighted by Crippen LogP contribution is -2.57. The number of nitrogens with zero attached hydrogens (tertiary/aromatic N) is 1. The van der Waals surface area contributed by atoms with Crippen LogP contribution in [0.4, 0.5) is 0 Å². The zero-order chi connectivity index (χ0) is 13.9. The summed E-state index contributed by atoms with van der Waals surface area (Å²) in [7, 11) is 0. The summed E-state index contributed by atoms with van der Waals surface area (Å²) in [5.41, 5.74) is 0.120. The predicted molar refractivity (Wildman–Crippen MR) is 70.6 cm³/mol. The van der Waals surface area contributed by atoms with Crippen LogP contribution >= 0.6 is 0 Å². The van der Waals surface area contributed by atoms with Gasteiger partial charge in [0.05, 0.1) is 19.8 Å². The number of aromatic nitrogens is 1. The van der Waals surface area contributed by atoms with E-state index in [2.05, 4.69) is 10.3 Å². The second kappa shape index (κ2) is 5.27. The van der Waals surface area contributed by atoms with Crippen LogP contribution in [0.3, 0.4) is 0 Å². The second-order valence-electron chi connectivity index (χ2n) is 5.74. The Morgan fingerprint density at radius 1 is 1.58 bits per heavy atom. The molecule has 0 spiro atoms. The lowest BCUT2D eigenvalue weighted by atomic mass is 9.83. The number of hydrogen-bond donors (Lipinski definition) is 2. The molecule has 1 aromatic heterocycles. The van der Waals surface area contributed by atoms with Gasteiger partial charge in [0.1, 0.15) is 5.41 Å². The Morgan fingerprint density at radius 3 is 2.79 bits per heavy atom. The highest BCUT2D eigenvalue weighted by Crippen LogP contribution is 2.28. The molecule has 1 amide bonds. The van der Waals surface area contributed by atoms with Crippen molar-refractivity contribution >= 4 is 5.91 Å². The fourth-order valence-electron chi connectivity index (χ4n) is 2.00. The van der Waals surface area contributed by atoms with Crippen LogP contribution in [-0.2, 0) is 14.9 Å². The lowest BCUT2D eigenvalue weighted by Gasteiger charge is -2.39. The van der Waals surface area contributed by atoms with Gasteiger partial charge in [0, 0.05) is 24.4 Å². The smallest absolute Gasteiger partial charge is 0.233 e. The molecule has 1 aliphatic rings. The van der Waals surface area contributed by atoms with Gasteiger partial charge >= 0.3 is 0 Å². The van der Waals surface area contributed by atoms with E-state index in [1.807, 2.05) is 26.0 Å². The van der Waals surface area contributed by atoms with Gasteiger partial charge < -0.3 is 15.2 Å². The molecule has 2 N–H and O–H groups in total. The number of pyridine rings is 1. The molecule has 2 rings (SSSR count). The fourth-order valence-corrected chi connectivity index (χ4v) is 2.00. The Labute approximate surface area is 113 Å². The lowest BCUT2D eigenvalue weighted by molar-refractivity contribution is -0.170. The van der Waals surface area contributed by atoms with Crippen molar-refractivity contribution in [3.8, 4) is 0 Å². The minimum Gasteiger partial charge on any atom is -0.395 e. The zero-order valence-corrected chi connectivity index (χ0v) is 11.3. The molecular weight excluding hydrogens is 244 g/mol. The monoisotopic (exact) mass is 264 g/mol. The third kappa shape index (κ3) is 2.77. The first kappa shape index (κ1) is 14.0. The summed E-state index contributed by atoms with van der Waals surface area (Å²) >= 11 is 0. The fraction of sp³-hybridized carbons (Fsp3) is 0.571. The molecule has 0 aromatic carbocycles. The Morgan fingerprint density at radius 2 is 2.32 bits per heavy atom. The average molecular weight is 264 g/mol. The molecule has 0 bridgehead atoms. The largest absolute Gasteiger partial charge is 0.395 e. The van der Waals surface area contributed by atoms with Gasteiger partial charge in [-0.15, -0.1) is 0 Å². The standard InChI is InChI=1S/C14H20N2O3/c1-13(2,11-4-3-5-15-6-11)7-16-12(18)14(8-17)9-19-10-14/h3-6,17H,7-10H2,1-2H3,(H,16,18). The summed E-state index contributed by atoms with van der Waals surface area (Å²) in [4.78, 5) is 16.2. The summed E-state index contributed by atoms with van der Waals surface area (Å²) in [6.45, 7) is 5.01. The third-order valence-electron chi connectivity index (χ3n) is 3.67. The summed E-state index contributed by atoms with van der Waals surface area (Å²) < 4.78 is 5.04. The van der Waals surface area contributed by atoms with Crippen molar-refractivity contribution in [2.75, 3.05) is 26.4 Å². The molecule has 2 heterocycles. The topological polar surface area (TPSA) is 71.5 Å². The van der Waals surface area contributed by atoms with Crippen LogP contribution in [0.1, 0.15) is 19.4 Å². The van der Waals surface area contributed by atoms with E-state index in [0.29, 0.717) is 19.8 Å². The Bertz CT molecular complexity index is 436. The minimum atomic E-state index is -0.745. The summed E-state index contributed by atoms with van der Waals surface area (Å²) in [6, 6.07) is 3.88. The predicted octanol–water partition coefficient (Wildman–Crippen LogP) is 0.484. The first-order valence-electron chi connectivity index (χ1n) is 6.38. The summed E-state index contributed by atoms with van der Waals surface area (Å²) in [5.74, 6) is -0.141. The molecule has 1 saturated heterocycles. The molecular formula is C14H20N2O3. The van der Waals surface area contributed by atoms with E-state index in [-0.39, 0.29) is 17.9 Å². The van der Waals surface area contributed by atoms with Crippen LogP contribution < -0.4 is 5.32 Å². The number of nitrogens with one attached hydrogen (secondary N) is 1. The number of ether oxygens (including phenoxy) is 1. The molecule has 0 atom stereocenters. The molecule has 0 radical (unpaired) electrons. The maximum Gasteiger partial charge on any atom is 0.233 e. The first-order chi connectivity index (χ1) is 9.00. The minimum absolute atomic E-state index is 0.141. The number of aliphatic hydroxyl groups is 1. The van der Waals surface area contributed by atoms with Crippen molar-refractivity contribution in [1.82, 2.24) is 10.3 Å². The maximum atomic E-state index is 12.1. The molecule has 0 unspecified atom stereocenters. The first-order valence-corrected chi connectivity index (χ1v) is 6.38. The zero-order valence-electron chi connectivity index (χ0n) is 11.3. The highest BCUT2D eigenvalue weighted by atomic mass is 16.5. The van der Waals surface area contributed by atoms with E-state index in [1.165, 1.54) is 0 Å². The van der Waals surface area contributed by atoms with Gasteiger partial charge in [0.2, 0.25) is 5.91 Å². The van der Waals surface area contributed by atoms with Gasteiger partial charge in [-0.1, -0.05) is 19.9 Å². The average Bonchev–Trinajstić information content (AvgIpc) is 2.37. The highest BCUT2D eigenvalue weighted by Gasteiger charge is 2.45. The van der Waals surface area contributed by atoms with Gasteiger partial charge in [0.25, 0.3) is 0 Å². The van der Waals surface area contributed by atoms with Crippen molar-refractivity contribution in [1.29, 1.82) is 0 Å². The van der Waals surface area contributed by atoms with E-state index in [1.54, 1.807) is 12.4 Å². The van der Waals surface area contributed by atoms with Crippen LogP contribution in [0.2, 0.25) is 0 Å². The van der Waals surface area contributed by atoms with Crippen LogP contribution in [-0.4, -0.2) is 42.4 Å². The van der Waals surface area contributed by atoms with Gasteiger partial charge in [-0.2, -0.15) is 0 Å². The van der Waals surface area contributed by atoms with E-state index in [4.69, 9.17) is 4.74 Å². The number of aliphatic hydroxyl groups excluding tert-OH is 1. The van der Waals surface area contributed by atoms with Gasteiger partial charge in [-0.3, -0.25) is 9.78 Å². The second-order valence-corrected chi connectivity index (χ2v) is 5.74. The number of carbonyl (C=O) groups is 1. The molecule has 5 nitrogen and oxygen atoms in total. The van der Waals surface area contributed by atoms with Crippen LogP contribution in [0.25, 0.3) is 0 Å². The maximum absolute atomic E-state index is 12.1. The third-order valence-corrected chi connectivity index (χ3v) is 3.67. The van der Waals surface area contributed by atoms with Gasteiger partial charge in [-0.05, 0) is 11.6 Å². The van der Waals surface area contributed by atoms with Crippen LogP contribution in [0, 0.1) is 5.41 Å². The molecule has 104 valence electrons. The Balaban J connectivity index is 1.96. The SMILES string of the molecule is CC(C)(CNC(=O)C1(CO)COC1)c1cccnc1. The number of rotatable bonds is 5. The van der Waals surface area contributed by atoms with E-state index in [9.17, 15) is 9.90 Å². The Hall–Kier alpha value is -1.46. The van der Waals surface area contributed by atoms with Crippen molar-refractivity contribution in [2.45, 2.75) is 19.3 Å². The molecule has 1 fully saturated rings. The van der Waals surface area contributed by atoms with Crippen LogP contribution in [0.5, 0.6) is 0 Å². The molecule has 0 saturated carbocycles. The van der Waals surface area contributed by atoms with Crippen molar-refractivity contribution < 1.29 is 14.6 Å². The molecule has 1 aromatic rings. The highest BCUT2D eigenvalue weighted by molar-refractivity contribution is 5.84. The van der Waals surface area contributed by atoms with E-state index in [0.717, 1.165) is 5.56 Å². The van der Waals surface area contributed by atoms with Crippen molar-refractivity contribution in [3.05, 3.63) is 30.1 Å². The number of amides is 1. The molecule has 1 aliphatic heterocycles. The van der Waals surface area contributed by atoms with Gasteiger partial charge in [-0.25, -0.2) is 0 Å². The van der Waals surface area contributed by atoms with E-state index >= 15 is 0 Å². The molecule has 5 heteroatoms. The quantitative estimate of drug-likeness (QED) is 0.811. The normalized spacial score (nSPS) is 17.6. The number of hydrogen-bond acceptors (Lipinski definition) is 4. The molecule has 0 aliphatic carbocycles. The van der Waals surface area contributed by atoms with Crippen molar-refractivity contribution in [3.63, 3.8) is 0 Å².